The van der Waals surface area contributed by atoms with Crippen LogP contribution in [0.15, 0.2) is 17.1 Å². The highest BCUT2D eigenvalue weighted by Crippen LogP contribution is 2.16. The summed E-state index contributed by atoms with van der Waals surface area (Å²) < 4.78 is 0. The Kier molecular flexibility index (Phi) is 5.01. The van der Waals surface area contributed by atoms with E-state index in [0.717, 1.165) is 18.9 Å². The molecule has 0 aliphatic heterocycles. The highest BCUT2D eigenvalue weighted by Gasteiger charge is 2.03. The molecule has 0 fully saturated rings. The standard InChI is InChI=1S/C14H23N3/c1-10-8-11(2)13(12(3)9-10)6-7-17-14(15-4)16-5/h8-9H,6-7H2,1-5H3,(H2,15,16,17). The molecule has 0 aliphatic carbocycles. The second-order valence-electron chi connectivity index (χ2n) is 4.38. The SMILES string of the molecule is CN=C(NC)NCCc1c(C)cc(C)cc1C. The Morgan fingerprint density at radius 1 is 1.18 bits per heavy atom. The molecule has 94 valence electrons. The molecule has 0 radical (unpaired) electrons. The summed E-state index contributed by atoms with van der Waals surface area (Å²) in [5, 5.41) is 6.29. The van der Waals surface area contributed by atoms with Crippen LogP contribution in [0.25, 0.3) is 0 Å². The maximum absolute atomic E-state index is 4.09. The lowest BCUT2D eigenvalue weighted by Gasteiger charge is -2.13. The fraction of sp³-hybridized carbons (Fsp3) is 0.500. The highest BCUT2D eigenvalue weighted by molar-refractivity contribution is 5.79. The minimum Gasteiger partial charge on any atom is -0.359 e. The van der Waals surface area contributed by atoms with Crippen LogP contribution in [0.4, 0.5) is 0 Å². The third kappa shape index (κ3) is 3.77. The van der Waals surface area contributed by atoms with E-state index in [2.05, 4.69) is 48.5 Å². The molecule has 0 saturated heterocycles. The van der Waals surface area contributed by atoms with Crippen LogP contribution in [0.5, 0.6) is 0 Å². The van der Waals surface area contributed by atoms with Gasteiger partial charge in [-0.05, 0) is 43.9 Å². The first-order valence-corrected chi connectivity index (χ1v) is 6.03. The van der Waals surface area contributed by atoms with Crippen molar-refractivity contribution in [3.8, 4) is 0 Å². The number of nitrogens with zero attached hydrogens (tertiary/aromatic N) is 1. The average molecular weight is 233 g/mol. The summed E-state index contributed by atoms with van der Waals surface area (Å²) in [5.41, 5.74) is 5.53. The van der Waals surface area contributed by atoms with Crippen LogP contribution < -0.4 is 10.6 Å². The monoisotopic (exact) mass is 233 g/mol. The summed E-state index contributed by atoms with van der Waals surface area (Å²) in [6, 6.07) is 4.49. The molecule has 0 unspecified atom stereocenters. The van der Waals surface area contributed by atoms with Gasteiger partial charge >= 0.3 is 0 Å². The van der Waals surface area contributed by atoms with Crippen LogP contribution in [-0.2, 0) is 6.42 Å². The molecule has 1 rings (SSSR count). The molecule has 0 amide bonds. The minimum absolute atomic E-state index is 0.840. The topological polar surface area (TPSA) is 36.4 Å². The van der Waals surface area contributed by atoms with E-state index >= 15 is 0 Å². The number of aliphatic imine (C=N–C) groups is 1. The van der Waals surface area contributed by atoms with Gasteiger partial charge in [-0.2, -0.15) is 0 Å². The zero-order valence-electron chi connectivity index (χ0n) is 11.5. The third-order valence-electron chi connectivity index (χ3n) is 2.97. The molecule has 0 bridgehead atoms. The number of aryl methyl sites for hydroxylation is 3. The first-order chi connectivity index (χ1) is 8.08. The molecule has 0 atom stereocenters. The molecule has 0 aromatic heterocycles. The van der Waals surface area contributed by atoms with Crippen molar-refractivity contribution in [2.75, 3.05) is 20.6 Å². The van der Waals surface area contributed by atoms with E-state index < -0.39 is 0 Å². The number of hydrogen-bond donors (Lipinski definition) is 2. The van der Waals surface area contributed by atoms with E-state index in [1.165, 1.54) is 22.3 Å². The quantitative estimate of drug-likeness (QED) is 0.618. The van der Waals surface area contributed by atoms with Crippen molar-refractivity contribution in [2.24, 2.45) is 4.99 Å². The van der Waals surface area contributed by atoms with Crippen LogP contribution in [0.2, 0.25) is 0 Å². The lowest BCUT2D eigenvalue weighted by Crippen LogP contribution is -2.35. The van der Waals surface area contributed by atoms with E-state index in [4.69, 9.17) is 0 Å². The van der Waals surface area contributed by atoms with Gasteiger partial charge in [-0.25, -0.2) is 0 Å². The first kappa shape index (κ1) is 13.6. The number of guanidine groups is 1. The lowest BCUT2D eigenvalue weighted by atomic mass is 9.97. The summed E-state index contributed by atoms with van der Waals surface area (Å²) in [5.74, 6) is 0.840. The zero-order chi connectivity index (χ0) is 12.8. The molecule has 0 spiro atoms. The zero-order valence-corrected chi connectivity index (χ0v) is 11.5. The molecular weight excluding hydrogens is 210 g/mol. The third-order valence-corrected chi connectivity index (χ3v) is 2.97. The largest absolute Gasteiger partial charge is 0.359 e. The van der Waals surface area contributed by atoms with Crippen LogP contribution in [0, 0.1) is 20.8 Å². The van der Waals surface area contributed by atoms with Crippen molar-refractivity contribution in [1.29, 1.82) is 0 Å². The van der Waals surface area contributed by atoms with Gasteiger partial charge in [0.25, 0.3) is 0 Å². The van der Waals surface area contributed by atoms with Gasteiger partial charge in [-0.3, -0.25) is 4.99 Å². The predicted molar refractivity (Wildman–Crippen MR) is 74.8 cm³/mol. The molecule has 3 heteroatoms. The number of rotatable bonds is 3. The van der Waals surface area contributed by atoms with Crippen LogP contribution in [0.1, 0.15) is 22.3 Å². The second-order valence-corrected chi connectivity index (χ2v) is 4.38. The molecule has 3 nitrogen and oxygen atoms in total. The van der Waals surface area contributed by atoms with Gasteiger partial charge in [0.05, 0.1) is 0 Å². The Balaban J connectivity index is 2.64. The van der Waals surface area contributed by atoms with Crippen LogP contribution in [0.3, 0.4) is 0 Å². The van der Waals surface area contributed by atoms with Crippen LogP contribution >= 0.6 is 0 Å². The maximum atomic E-state index is 4.09. The summed E-state index contributed by atoms with van der Waals surface area (Å²) in [4.78, 5) is 4.09. The molecular formula is C14H23N3. The van der Waals surface area contributed by atoms with Crippen molar-refractivity contribution >= 4 is 5.96 Å². The van der Waals surface area contributed by atoms with Gasteiger partial charge in [0.15, 0.2) is 5.96 Å². The molecule has 0 saturated carbocycles. The van der Waals surface area contributed by atoms with Gasteiger partial charge < -0.3 is 10.6 Å². The Morgan fingerprint density at radius 3 is 2.24 bits per heavy atom. The van der Waals surface area contributed by atoms with Gasteiger partial charge in [0, 0.05) is 20.6 Å². The molecule has 1 aromatic rings. The van der Waals surface area contributed by atoms with Gasteiger partial charge in [0.1, 0.15) is 0 Å². The van der Waals surface area contributed by atoms with Crippen molar-refractivity contribution in [1.82, 2.24) is 10.6 Å². The summed E-state index contributed by atoms with van der Waals surface area (Å²) >= 11 is 0. The lowest BCUT2D eigenvalue weighted by molar-refractivity contribution is 0.825. The molecule has 17 heavy (non-hydrogen) atoms. The fourth-order valence-electron chi connectivity index (χ4n) is 2.19. The highest BCUT2D eigenvalue weighted by atomic mass is 15.1. The average Bonchev–Trinajstić information content (AvgIpc) is 2.27. The molecule has 0 aliphatic rings. The molecule has 0 heterocycles. The van der Waals surface area contributed by atoms with E-state index in [1.807, 2.05) is 7.05 Å². The molecule has 2 N–H and O–H groups in total. The number of nitrogens with one attached hydrogen (secondary N) is 2. The van der Waals surface area contributed by atoms with Crippen molar-refractivity contribution in [3.05, 3.63) is 34.4 Å². The predicted octanol–water partition coefficient (Wildman–Crippen LogP) is 1.95. The Labute approximate surface area is 104 Å². The summed E-state index contributed by atoms with van der Waals surface area (Å²) in [6.07, 6.45) is 1.03. The minimum atomic E-state index is 0.840. The summed E-state index contributed by atoms with van der Waals surface area (Å²) in [7, 11) is 3.65. The van der Waals surface area contributed by atoms with Gasteiger partial charge in [-0.15, -0.1) is 0 Å². The second kappa shape index (κ2) is 6.28. The van der Waals surface area contributed by atoms with Gasteiger partial charge in [-0.1, -0.05) is 17.7 Å². The fourth-order valence-corrected chi connectivity index (χ4v) is 2.19. The van der Waals surface area contributed by atoms with Crippen molar-refractivity contribution in [2.45, 2.75) is 27.2 Å². The smallest absolute Gasteiger partial charge is 0.190 e. The molecule has 1 aromatic carbocycles. The first-order valence-electron chi connectivity index (χ1n) is 6.03. The Morgan fingerprint density at radius 2 is 1.76 bits per heavy atom. The van der Waals surface area contributed by atoms with Crippen molar-refractivity contribution < 1.29 is 0 Å². The van der Waals surface area contributed by atoms with Gasteiger partial charge in [0.2, 0.25) is 0 Å². The van der Waals surface area contributed by atoms with Crippen molar-refractivity contribution in [3.63, 3.8) is 0 Å². The Hall–Kier alpha value is -1.51. The van der Waals surface area contributed by atoms with E-state index in [9.17, 15) is 0 Å². The Bertz CT molecular complexity index is 385. The van der Waals surface area contributed by atoms with E-state index in [0.29, 0.717) is 0 Å². The summed E-state index contributed by atoms with van der Waals surface area (Å²) in [6.45, 7) is 7.41. The normalized spacial score (nSPS) is 11.5. The number of benzene rings is 1. The number of hydrogen-bond acceptors (Lipinski definition) is 1. The van der Waals surface area contributed by atoms with Crippen LogP contribution in [-0.4, -0.2) is 26.6 Å². The van der Waals surface area contributed by atoms with E-state index in [1.54, 1.807) is 7.05 Å². The maximum Gasteiger partial charge on any atom is 0.190 e. The van der Waals surface area contributed by atoms with E-state index in [-0.39, 0.29) is 0 Å².